The van der Waals surface area contributed by atoms with E-state index in [-0.39, 0.29) is 0 Å². The molecular weight excluding hydrogens is 264 g/mol. The number of nitrogens with two attached hydrogens (primary N) is 1. The van der Waals surface area contributed by atoms with Crippen LogP contribution >= 0.6 is 0 Å². The molecule has 7 nitrogen and oxygen atoms in total. The van der Waals surface area contributed by atoms with Crippen molar-refractivity contribution in [1.29, 1.82) is 0 Å². The second kappa shape index (κ2) is 7.25. The maximum atomic E-state index is 11.8. The van der Waals surface area contributed by atoms with E-state index in [1.807, 2.05) is 5.32 Å². The van der Waals surface area contributed by atoms with Crippen LogP contribution in [0.4, 0.5) is 4.79 Å². The van der Waals surface area contributed by atoms with Crippen molar-refractivity contribution in [2.75, 3.05) is 7.11 Å². The molecular formula is C13H16N2O5. The van der Waals surface area contributed by atoms with Crippen molar-refractivity contribution in [2.45, 2.75) is 19.6 Å². The van der Waals surface area contributed by atoms with Crippen molar-refractivity contribution >= 4 is 17.9 Å². The van der Waals surface area contributed by atoms with Gasteiger partial charge in [0.05, 0.1) is 12.2 Å². The summed E-state index contributed by atoms with van der Waals surface area (Å²) in [5.41, 5.74) is 6.00. The first-order valence-electron chi connectivity index (χ1n) is 5.83. The molecule has 0 saturated heterocycles. The molecule has 0 aliphatic rings. The highest BCUT2D eigenvalue weighted by molar-refractivity contribution is 5.98. The van der Waals surface area contributed by atoms with Gasteiger partial charge in [0, 0.05) is 7.11 Å². The normalized spacial score (nSPS) is 11.5. The number of carbonyl (C=O) groups excluding carboxylic acids is 3. The van der Waals surface area contributed by atoms with E-state index in [0.717, 1.165) is 5.56 Å². The Bertz CT molecular complexity index is 498. The fourth-order valence-corrected chi connectivity index (χ4v) is 1.41. The number of primary amides is 1. The van der Waals surface area contributed by atoms with Gasteiger partial charge in [-0.25, -0.2) is 9.59 Å². The average Bonchev–Trinajstić information content (AvgIpc) is 2.39. The molecule has 1 atom stereocenters. The minimum atomic E-state index is -1.12. The van der Waals surface area contributed by atoms with Gasteiger partial charge in [-0.3, -0.25) is 10.1 Å². The van der Waals surface area contributed by atoms with Gasteiger partial charge in [0.2, 0.25) is 0 Å². The Balaban J connectivity index is 2.61. The first-order chi connectivity index (χ1) is 9.43. The number of hydrogen-bond donors (Lipinski definition) is 2. The van der Waals surface area contributed by atoms with E-state index < -0.39 is 24.0 Å². The molecule has 0 unspecified atom stereocenters. The second-order valence-corrected chi connectivity index (χ2v) is 4.03. The molecule has 1 aromatic carbocycles. The molecule has 0 saturated carbocycles. The molecule has 7 heteroatoms. The quantitative estimate of drug-likeness (QED) is 0.767. The lowest BCUT2D eigenvalue weighted by molar-refractivity contribution is -0.127. The summed E-state index contributed by atoms with van der Waals surface area (Å²) >= 11 is 0. The maximum Gasteiger partial charge on any atom is 0.338 e. The number of nitrogens with one attached hydrogen (secondary N) is 1. The van der Waals surface area contributed by atoms with Crippen LogP contribution in [0.1, 0.15) is 22.8 Å². The highest BCUT2D eigenvalue weighted by Crippen LogP contribution is 2.08. The molecule has 0 bridgehead atoms. The molecule has 0 heterocycles. The molecule has 20 heavy (non-hydrogen) atoms. The summed E-state index contributed by atoms with van der Waals surface area (Å²) in [5.74, 6) is -1.44. The number of ether oxygens (including phenoxy) is 2. The fraction of sp³-hybridized carbons (Fsp3) is 0.308. The Morgan fingerprint density at radius 3 is 2.35 bits per heavy atom. The van der Waals surface area contributed by atoms with Crippen LogP contribution in [0.2, 0.25) is 0 Å². The molecule has 0 radical (unpaired) electrons. The van der Waals surface area contributed by atoms with Crippen molar-refractivity contribution in [3.8, 4) is 0 Å². The minimum absolute atomic E-state index is 0.295. The van der Waals surface area contributed by atoms with E-state index in [4.69, 9.17) is 15.2 Å². The number of esters is 1. The van der Waals surface area contributed by atoms with E-state index >= 15 is 0 Å². The first kappa shape index (κ1) is 15.6. The summed E-state index contributed by atoms with van der Waals surface area (Å²) in [6.07, 6.45) is -1.12. The summed E-state index contributed by atoms with van der Waals surface area (Å²) in [4.78, 5) is 33.6. The van der Waals surface area contributed by atoms with Crippen LogP contribution in [0.25, 0.3) is 0 Å². The largest absolute Gasteiger partial charge is 0.449 e. The first-order valence-corrected chi connectivity index (χ1v) is 5.83. The van der Waals surface area contributed by atoms with Gasteiger partial charge in [-0.2, -0.15) is 0 Å². The molecule has 0 aliphatic heterocycles. The monoisotopic (exact) mass is 280 g/mol. The zero-order valence-electron chi connectivity index (χ0n) is 11.2. The number of hydrogen-bond acceptors (Lipinski definition) is 5. The lowest BCUT2D eigenvalue weighted by atomic mass is 10.1. The van der Waals surface area contributed by atoms with Crippen molar-refractivity contribution in [1.82, 2.24) is 5.32 Å². The number of urea groups is 1. The maximum absolute atomic E-state index is 11.8. The number of methoxy groups -OCH3 is 1. The van der Waals surface area contributed by atoms with Gasteiger partial charge in [0.1, 0.15) is 0 Å². The third kappa shape index (κ3) is 4.69. The van der Waals surface area contributed by atoms with Crippen LogP contribution in [0.15, 0.2) is 24.3 Å². The number of benzene rings is 1. The van der Waals surface area contributed by atoms with Crippen LogP contribution in [-0.4, -0.2) is 31.1 Å². The highest BCUT2D eigenvalue weighted by Gasteiger charge is 2.19. The molecule has 3 N–H and O–H groups in total. The van der Waals surface area contributed by atoms with Gasteiger partial charge >= 0.3 is 12.0 Å². The Labute approximate surface area is 116 Å². The summed E-state index contributed by atoms with van der Waals surface area (Å²) in [6, 6.07) is 5.56. The van der Waals surface area contributed by atoms with Gasteiger partial charge in [0.25, 0.3) is 5.91 Å². The molecule has 0 aromatic heterocycles. The zero-order chi connectivity index (χ0) is 15.1. The van der Waals surface area contributed by atoms with E-state index in [9.17, 15) is 14.4 Å². The fourth-order valence-electron chi connectivity index (χ4n) is 1.41. The van der Waals surface area contributed by atoms with Gasteiger partial charge in [-0.05, 0) is 24.6 Å². The molecule has 3 amide bonds. The molecule has 1 rings (SSSR count). The third-order valence-corrected chi connectivity index (χ3v) is 2.40. The van der Waals surface area contributed by atoms with Gasteiger partial charge in [-0.15, -0.1) is 0 Å². The summed E-state index contributed by atoms with van der Waals surface area (Å²) in [5, 5.41) is 1.83. The predicted molar refractivity (Wildman–Crippen MR) is 69.8 cm³/mol. The van der Waals surface area contributed by atoms with E-state index in [2.05, 4.69) is 0 Å². The standard InChI is InChI=1S/C13H16N2O5/c1-8(11(16)15-13(14)18)20-12(17)10-5-3-9(4-6-10)7-19-2/h3-6,8H,7H2,1-2H3,(H3,14,15,16,18)/t8-/m1/s1. The molecule has 1 aromatic rings. The van der Waals surface area contributed by atoms with Gasteiger partial charge in [-0.1, -0.05) is 12.1 Å². The predicted octanol–water partition coefficient (Wildman–Crippen LogP) is 0.573. The van der Waals surface area contributed by atoms with Crippen molar-refractivity contribution in [2.24, 2.45) is 5.73 Å². The summed E-state index contributed by atoms with van der Waals surface area (Å²) in [7, 11) is 1.57. The van der Waals surface area contributed by atoms with E-state index in [0.29, 0.717) is 12.2 Å². The second-order valence-electron chi connectivity index (χ2n) is 4.03. The number of rotatable bonds is 5. The lowest BCUT2D eigenvalue weighted by Gasteiger charge is -2.12. The van der Waals surface area contributed by atoms with Crippen molar-refractivity contribution < 1.29 is 23.9 Å². The van der Waals surface area contributed by atoms with E-state index in [1.165, 1.54) is 6.92 Å². The summed E-state index contributed by atoms with van der Waals surface area (Å²) < 4.78 is 9.86. The van der Waals surface area contributed by atoms with Crippen LogP contribution in [0.5, 0.6) is 0 Å². The smallest absolute Gasteiger partial charge is 0.338 e. The van der Waals surface area contributed by atoms with Crippen LogP contribution in [0, 0.1) is 0 Å². The van der Waals surface area contributed by atoms with Gasteiger partial charge in [0.15, 0.2) is 6.10 Å². The lowest BCUT2D eigenvalue weighted by Crippen LogP contribution is -2.42. The molecule has 108 valence electrons. The van der Waals surface area contributed by atoms with Crippen LogP contribution < -0.4 is 11.1 Å². The highest BCUT2D eigenvalue weighted by atomic mass is 16.5. The van der Waals surface area contributed by atoms with Crippen LogP contribution in [-0.2, 0) is 20.9 Å². The summed E-state index contributed by atoms with van der Waals surface area (Å²) in [6.45, 7) is 1.78. The van der Waals surface area contributed by atoms with Gasteiger partial charge < -0.3 is 15.2 Å². The Morgan fingerprint density at radius 2 is 1.85 bits per heavy atom. The van der Waals surface area contributed by atoms with Crippen LogP contribution in [0.3, 0.4) is 0 Å². The SMILES string of the molecule is COCc1ccc(C(=O)O[C@H](C)C(=O)NC(N)=O)cc1. The minimum Gasteiger partial charge on any atom is -0.449 e. The average molecular weight is 280 g/mol. The van der Waals surface area contributed by atoms with E-state index in [1.54, 1.807) is 31.4 Å². The number of carbonyl (C=O) groups is 3. The number of imide groups is 1. The molecule has 0 aliphatic carbocycles. The molecule has 0 spiro atoms. The Hall–Kier alpha value is -2.41. The number of amides is 3. The Morgan fingerprint density at radius 1 is 1.25 bits per heavy atom. The third-order valence-electron chi connectivity index (χ3n) is 2.40. The zero-order valence-corrected chi connectivity index (χ0v) is 11.2. The van der Waals surface area contributed by atoms with Crippen molar-refractivity contribution in [3.63, 3.8) is 0 Å². The Kier molecular flexibility index (Phi) is 5.67. The topological polar surface area (TPSA) is 108 Å². The molecule has 0 fully saturated rings. The van der Waals surface area contributed by atoms with Crippen molar-refractivity contribution in [3.05, 3.63) is 35.4 Å².